The molecule has 2 aromatic carbocycles. The van der Waals surface area contributed by atoms with E-state index in [0.717, 1.165) is 22.0 Å². The van der Waals surface area contributed by atoms with Crippen LogP contribution >= 0.6 is 15.9 Å². The zero-order valence-electron chi connectivity index (χ0n) is 29.2. The maximum absolute atomic E-state index is 14.2. The molecule has 0 bridgehead atoms. The Labute approximate surface area is 296 Å². The van der Waals surface area contributed by atoms with Gasteiger partial charge in [0.05, 0.1) is 30.3 Å². The fraction of sp³-hybridized carbons (Fsp3) is 0.459. The zero-order valence-corrected chi connectivity index (χ0v) is 30.8. The fourth-order valence-corrected chi connectivity index (χ4v) is 6.64. The van der Waals surface area contributed by atoms with Gasteiger partial charge in [0.1, 0.15) is 17.8 Å². The van der Waals surface area contributed by atoms with Crippen molar-refractivity contribution in [2.45, 2.75) is 84.5 Å². The number of amides is 3. The molecule has 0 unspecified atom stereocenters. The van der Waals surface area contributed by atoms with Gasteiger partial charge in [0, 0.05) is 30.3 Å². The van der Waals surface area contributed by atoms with E-state index < -0.39 is 47.9 Å². The van der Waals surface area contributed by atoms with Crippen LogP contribution in [0.4, 0.5) is 0 Å². The number of para-hydroxylation sites is 1. The molecule has 0 saturated heterocycles. The summed E-state index contributed by atoms with van der Waals surface area (Å²) in [5.41, 5.74) is 3.21. The van der Waals surface area contributed by atoms with E-state index >= 15 is 0 Å². The summed E-state index contributed by atoms with van der Waals surface area (Å²) in [5, 5.41) is 26.1. The average molecular weight is 742 g/mol. The van der Waals surface area contributed by atoms with Crippen LogP contribution in [0.3, 0.4) is 0 Å². The Morgan fingerprint density at radius 3 is 2.27 bits per heavy atom. The minimum absolute atomic E-state index is 0.0294. The number of nitrogens with zero attached hydrogens (tertiary/aromatic N) is 1. The van der Waals surface area contributed by atoms with Crippen LogP contribution in [0.1, 0.15) is 71.0 Å². The monoisotopic (exact) mass is 740 g/mol. The van der Waals surface area contributed by atoms with Crippen molar-refractivity contribution >= 4 is 50.5 Å². The van der Waals surface area contributed by atoms with Gasteiger partial charge in [0.25, 0.3) is 0 Å². The van der Waals surface area contributed by atoms with Gasteiger partial charge >= 0.3 is 5.97 Å². The summed E-state index contributed by atoms with van der Waals surface area (Å²) in [5.74, 6) is -2.06. The number of hydrogen-bond acceptors (Lipinski definition) is 7. The van der Waals surface area contributed by atoms with Gasteiger partial charge in [-0.1, -0.05) is 55.8 Å². The van der Waals surface area contributed by atoms with Gasteiger partial charge in [-0.15, -0.1) is 0 Å². The van der Waals surface area contributed by atoms with Crippen molar-refractivity contribution in [1.82, 2.24) is 20.5 Å². The van der Waals surface area contributed by atoms with E-state index in [2.05, 4.69) is 37.6 Å². The summed E-state index contributed by atoms with van der Waals surface area (Å²) < 4.78 is 5.55. The lowest BCUT2D eigenvalue weighted by Crippen LogP contribution is -2.55. The molecule has 3 rings (SSSR count). The van der Waals surface area contributed by atoms with Crippen molar-refractivity contribution in [1.29, 1.82) is 0 Å². The van der Waals surface area contributed by atoms with Crippen LogP contribution in [0.2, 0.25) is 0 Å². The number of carbonyl (C=O) groups excluding carboxylic acids is 4. The first-order valence-electron chi connectivity index (χ1n) is 16.4. The maximum Gasteiger partial charge on any atom is 0.307 e. The molecule has 0 aliphatic rings. The van der Waals surface area contributed by atoms with Gasteiger partial charge in [0.2, 0.25) is 17.7 Å². The number of ether oxygens (including phenoxy) is 1. The number of esters is 1. The van der Waals surface area contributed by atoms with Gasteiger partial charge < -0.3 is 35.5 Å². The largest absolute Gasteiger partial charge is 0.508 e. The topological polar surface area (TPSA) is 161 Å². The van der Waals surface area contributed by atoms with E-state index in [1.807, 2.05) is 38.1 Å². The summed E-state index contributed by atoms with van der Waals surface area (Å²) in [6.07, 6.45) is 2.69. The summed E-state index contributed by atoms with van der Waals surface area (Å²) in [7, 11) is 2.78. The molecule has 266 valence electrons. The quantitative estimate of drug-likeness (QED) is 0.0983. The molecular weight excluding hydrogens is 692 g/mol. The number of likely N-dealkylation sites (N-methyl/N-ethyl adjacent to an activating group) is 1. The molecule has 3 amide bonds. The highest BCUT2D eigenvalue weighted by atomic mass is 79.9. The molecule has 5 N–H and O–H groups in total. The van der Waals surface area contributed by atoms with Crippen LogP contribution in [0.5, 0.6) is 5.75 Å². The molecule has 12 heteroatoms. The molecule has 1 aromatic heterocycles. The van der Waals surface area contributed by atoms with E-state index in [1.54, 1.807) is 32.9 Å². The van der Waals surface area contributed by atoms with Crippen molar-refractivity contribution in [2.24, 2.45) is 11.8 Å². The number of methoxy groups -OCH3 is 1. The Bertz CT molecular complexity index is 1640. The second kappa shape index (κ2) is 18.0. The van der Waals surface area contributed by atoms with Crippen molar-refractivity contribution in [2.75, 3.05) is 14.2 Å². The summed E-state index contributed by atoms with van der Waals surface area (Å²) >= 11 is 3.58. The first-order valence-corrected chi connectivity index (χ1v) is 17.2. The highest BCUT2D eigenvalue weighted by Gasteiger charge is 2.34. The summed E-state index contributed by atoms with van der Waals surface area (Å²) in [6.45, 7) is 9.09. The molecule has 11 nitrogen and oxygen atoms in total. The Balaban J connectivity index is 1.86. The van der Waals surface area contributed by atoms with Crippen LogP contribution in [0, 0.1) is 11.8 Å². The van der Waals surface area contributed by atoms with E-state index in [0.29, 0.717) is 23.0 Å². The van der Waals surface area contributed by atoms with Gasteiger partial charge in [0.15, 0.2) is 0 Å². The molecule has 0 spiro atoms. The van der Waals surface area contributed by atoms with Crippen molar-refractivity contribution < 1.29 is 34.1 Å². The molecule has 0 radical (unpaired) electrons. The van der Waals surface area contributed by atoms with Crippen LogP contribution in [-0.2, 0) is 30.3 Å². The second-order valence-corrected chi connectivity index (χ2v) is 13.8. The number of rotatable bonds is 16. The third-order valence-electron chi connectivity index (χ3n) is 8.57. The Kier molecular flexibility index (Phi) is 14.4. The number of aliphatic hydroxyl groups is 1. The first kappa shape index (κ1) is 39.3. The molecule has 1 heterocycles. The van der Waals surface area contributed by atoms with Crippen LogP contribution in [0.25, 0.3) is 10.9 Å². The molecule has 0 aliphatic carbocycles. The number of nitrogens with one attached hydrogen (secondary N) is 3. The number of phenolic OH excluding ortho intramolecular Hbond substituents is 1. The number of allylic oxidation sites excluding steroid dienone is 2. The lowest BCUT2D eigenvalue weighted by atomic mass is 9.95. The average Bonchev–Trinajstić information content (AvgIpc) is 3.36. The minimum atomic E-state index is -1.04. The Morgan fingerprint density at radius 1 is 0.980 bits per heavy atom. The highest BCUT2D eigenvalue weighted by Crippen LogP contribution is 2.29. The number of hydrogen-bond donors (Lipinski definition) is 5. The summed E-state index contributed by atoms with van der Waals surface area (Å²) in [4.78, 5) is 58.2. The molecular formula is C37H49BrN4O7. The Hall–Kier alpha value is -4.16. The van der Waals surface area contributed by atoms with E-state index in [4.69, 9.17) is 4.74 Å². The number of fused-ring (bicyclic) bond motifs is 1. The predicted molar refractivity (Wildman–Crippen MR) is 192 cm³/mol. The number of H-pyrrole nitrogens is 1. The number of phenols is 1. The lowest BCUT2D eigenvalue weighted by molar-refractivity contribution is -0.143. The molecule has 0 saturated carbocycles. The maximum atomic E-state index is 14.2. The van der Waals surface area contributed by atoms with Crippen LogP contribution < -0.4 is 10.6 Å². The van der Waals surface area contributed by atoms with E-state index in [1.165, 1.54) is 31.2 Å². The number of aromatic hydroxyl groups is 1. The van der Waals surface area contributed by atoms with Crippen molar-refractivity contribution in [3.63, 3.8) is 0 Å². The normalized spacial score (nSPS) is 15.4. The summed E-state index contributed by atoms with van der Waals surface area (Å²) in [6, 6.07) is 10.9. The van der Waals surface area contributed by atoms with Crippen molar-refractivity contribution in [3.8, 4) is 5.75 Å². The minimum Gasteiger partial charge on any atom is -0.508 e. The number of aromatic amines is 1. The van der Waals surface area contributed by atoms with Crippen LogP contribution in [0.15, 0.2) is 64.8 Å². The highest BCUT2D eigenvalue weighted by molar-refractivity contribution is 9.10. The van der Waals surface area contributed by atoms with Gasteiger partial charge in [-0.25, -0.2) is 0 Å². The van der Waals surface area contributed by atoms with Crippen molar-refractivity contribution in [3.05, 3.63) is 75.9 Å². The molecule has 0 aliphatic heterocycles. The smallest absolute Gasteiger partial charge is 0.307 e. The number of aromatic nitrogens is 1. The number of aliphatic hydroxyl groups excluding tert-OH is 1. The first-order chi connectivity index (χ1) is 23.1. The second-order valence-electron chi connectivity index (χ2n) is 13.0. The molecule has 49 heavy (non-hydrogen) atoms. The lowest BCUT2D eigenvalue weighted by Gasteiger charge is -2.31. The Morgan fingerprint density at radius 2 is 1.63 bits per heavy atom. The van der Waals surface area contributed by atoms with Gasteiger partial charge in [-0.2, -0.15) is 0 Å². The van der Waals surface area contributed by atoms with Gasteiger partial charge in [-0.3, -0.25) is 19.2 Å². The third-order valence-corrected chi connectivity index (χ3v) is 9.25. The molecule has 3 aromatic rings. The number of carbonyl (C=O) groups is 4. The number of benzene rings is 2. The zero-order chi connectivity index (χ0) is 36.4. The number of halogens is 1. The predicted octanol–water partition coefficient (Wildman–Crippen LogP) is 5.31. The SMILES string of the molecule is COC(=O)C[C@@H](NC(=O)[C@@H](Cc1c(Br)[nH]c2ccccc12)N(C)C(=O)[C@H](C)NC(=O)[C@@H](C)CC(C)=C[C@H](C)C[C@H](C)O)c1ccc(O)cc1. The van der Waals surface area contributed by atoms with E-state index in [9.17, 15) is 29.4 Å². The standard InChI is InChI=1S/C37H49BrN4O7/c1-21(16-22(2)18-24(4)43)17-23(3)35(46)39-25(5)37(48)42(6)32(19-29-28-10-8-9-11-30(28)40-34(29)38)36(47)41-31(20-33(45)49-7)26-12-14-27(44)15-13-26/h8-16,22-25,31-32,40,43-44H,17-20H2,1-7H3,(H,39,46)(H,41,47)/t22-,23-,24-,25-,31+,32+/m0/s1. The third kappa shape index (κ3) is 11.2. The van der Waals surface area contributed by atoms with Gasteiger partial charge in [-0.05, 0) is 84.8 Å². The molecule has 0 fully saturated rings. The van der Waals surface area contributed by atoms with E-state index in [-0.39, 0.29) is 30.4 Å². The molecule has 6 atom stereocenters. The fourth-order valence-electron chi connectivity index (χ4n) is 6.05. The van der Waals surface area contributed by atoms with Crippen LogP contribution in [-0.4, -0.2) is 76.1 Å².